The Hall–Kier alpha value is -1.88. The summed E-state index contributed by atoms with van der Waals surface area (Å²) in [7, 11) is 0. The van der Waals surface area contributed by atoms with E-state index in [9.17, 15) is 4.79 Å². The van der Waals surface area contributed by atoms with E-state index in [4.69, 9.17) is 5.11 Å². The number of carboxylic acid groups (broad SMARTS) is 1. The molecular formula is C14H14N2O2S. The van der Waals surface area contributed by atoms with E-state index in [1.54, 1.807) is 0 Å². The SMILES string of the molecule is Cc1cc(C)nc(Sc2ccc(CC(=O)O)cc2)n1. The van der Waals surface area contributed by atoms with Gasteiger partial charge in [-0.25, -0.2) is 9.97 Å². The lowest BCUT2D eigenvalue weighted by Crippen LogP contribution is -1.99. The van der Waals surface area contributed by atoms with E-state index in [0.717, 1.165) is 21.8 Å². The van der Waals surface area contributed by atoms with E-state index in [-0.39, 0.29) is 6.42 Å². The van der Waals surface area contributed by atoms with Crippen LogP contribution in [0.3, 0.4) is 0 Å². The average molecular weight is 274 g/mol. The van der Waals surface area contributed by atoms with Crippen LogP contribution in [-0.2, 0) is 11.2 Å². The minimum absolute atomic E-state index is 0.0466. The highest BCUT2D eigenvalue weighted by Crippen LogP contribution is 2.25. The maximum absolute atomic E-state index is 10.6. The van der Waals surface area contributed by atoms with E-state index >= 15 is 0 Å². The molecule has 0 aliphatic rings. The number of carboxylic acids is 1. The molecule has 0 spiro atoms. The fourth-order valence-corrected chi connectivity index (χ4v) is 2.56. The van der Waals surface area contributed by atoms with E-state index in [2.05, 4.69) is 9.97 Å². The summed E-state index contributed by atoms with van der Waals surface area (Å²) in [4.78, 5) is 20.3. The third-order valence-corrected chi connectivity index (χ3v) is 3.32. The molecule has 4 nitrogen and oxygen atoms in total. The second-order valence-electron chi connectivity index (χ2n) is 4.25. The van der Waals surface area contributed by atoms with E-state index in [1.165, 1.54) is 11.8 Å². The van der Waals surface area contributed by atoms with Crippen molar-refractivity contribution in [3.63, 3.8) is 0 Å². The molecule has 0 aliphatic heterocycles. The van der Waals surface area contributed by atoms with E-state index < -0.39 is 5.97 Å². The van der Waals surface area contributed by atoms with Crippen LogP contribution in [0.2, 0.25) is 0 Å². The molecule has 19 heavy (non-hydrogen) atoms. The fourth-order valence-electron chi connectivity index (χ4n) is 1.69. The van der Waals surface area contributed by atoms with Crippen molar-refractivity contribution in [1.82, 2.24) is 9.97 Å². The Morgan fingerprint density at radius 3 is 2.26 bits per heavy atom. The van der Waals surface area contributed by atoms with Crippen molar-refractivity contribution in [2.75, 3.05) is 0 Å². The highest BCUT2D eigenvalue weighted by atomic mass is 32.2. The van der Waals surface area contributed by atoms with Gasteiger partial charge in [0.2, 0.25) is 0 Å². The number of hydrogen-bond acceptors (Lipinski definition) is 4. The second kappa shape index (κ2) is 5.84. The van der Waals surface area contributed by atoms with Crippen LogP contribution >= 0.6 is 11.8 Å². The van der Waals surface area contributed by atoms with Crippen molar-refractivity contribution in [2.45, 2.75) is 30.3 Å². The zero-order valence-corrected chi connectivity index (χ0v) is 11.6. The molecule has 98 valence electrons. The number of hydrogen-bond donors (Lipinski definition) is 1. The molecule has 0 atom stereocenters. The lowest BCUT2D eigenvalue weighted by molar-refractivity contribution is -0.136. The zero-order chi connectivity index (χ0) is 13.8. The normalized spacial score (nSPS) is 10.4. The lowest BCUT2D eigenvalue weighted by Gasteiger charge is -2.04. The third kappa shape index (κ3) is 4.06. The van der Waals surface area contributed by atoms with Crippen LogP contribution in [0, 0.1) is 13.8 Å². The molecule has 1 heterocycles. The van der Waals surface area contributed by atoms with Gasteiger partial charge in [0.25, 0.3) is 0 Å². The maximum Gasteiger partial charge on any atom is 0.307 e. The van der Waals surface area contributed by atoms with Gasteiger partial charge in [-0.3, -0.25) is 4.79 Å². The van der Waals surface area contributed by atoms with Gasteiger partial charge in [-0.2, -0.15) is 0 Å². The Kier molecular flexibility index (Phi) is 4.16. The molecule has 0 aliphatic carbocycles. The molecule has 0 radical (unpaired) electrons. The second-order valence-corrected chi connectivity index (χ2v) is 5.29. The van der Waals surface area contributed by atoms with Gasteiger partial charge in [0.1, 0.15) is 0 Å². The van der Waals surface area contributed by atoms with Gasteiger partial charge in [0, 0.05) is 16.3 Å². The van der Waals surface area contributed by atoms with Gasteiger partial charge in [0.05, 0.1) is 6.42 Å². The molecule has 5 heteroatoms. The van der Waals surface area contributed by atoms with Crippen molar-refractivity contribution in [2.24, 2.45) is 0 Å². The molecule has 1 N–H and O–H groups in total. The lowest BCUT2D eigenvalue weighted by atomic mass is 10.2. The summed E-state index contributed by atoms with van der Waals surface area (Å²) in [6.07, 6.45) is 0.0466. The summed E-state index contributed by atoms with van der Waals surface area (Å²) >= 11 is 1.47. The van der Waals surface area contributed by atoms with Crippen molar-refractivity contribution in [3.8, 4) is 0 Å². The van der Waals surface area contributed by atoms with Gasteiger partial charge in [0.15, 0.2) is 5.16 Å². The Bertz CT molecular complexity index is 577. The quantitative estimate of drug-likeness (QED) is 0.869. The number of carbonyl (C=O) groups is 1. The first-order valence-corrected chi connectivity index (χ1v) is 6.65. The smallest absolute Gasteiger partial charge is 0.307 e. The van der Waals surface area contributed by atoms with Crippen LogP contribution in [-0.4, -0.2) is 21.0 Å². The fraction of sp³-hybridized carbons (Fsp3) is 0.214. The van der Waals surface area contributed by atoms with Crippen LogP contribution in [0.5, 0.6) is 0 Å². The Labute approximate surface area is 115 Å². The molecule has 2 rings (SSSR count). The summed E-state index contributed by atoms with van der Waals surface area (Å²) in [5.41, 5.74) is 2.67. The first-order chi connectivity index (χ1) is 9.02. The molecule has 0 saturated carbocycles. The minimum Gasteiger partial charge on any atom is -0.481 e. The average Bonchev–Trinajstić information content (AvgIpc) is 2.29. The first kappa shape index (κ1) is 13.5. The summed E-state index contributed by atoms with van der Waals surface area (Å²) < 4.78 is 0. The number of nitrogens with zero attached hydrogens (tertiary/aromatic N) is 2. The van der Waals surface area contributed by atoms with Crippen LogP contribution in [0.15, 0.2) is 40.4 Å². The molecule has 0 bridgehead atoms. The zero-order valence-electron chi connectivity index (χ0n) is 10.8. The number of aryl methyl sites for hydroxylation is 2. The molecule has 0 saturated heterocycles. The van der Waals surface area contributed by atoms with Crippen molar-refractivity contribution in [3.05, 3.63) is 47.3 Å². The summed E-state index contributed by atoms with van der Waals surface area (Å²) in [5.74, 6) is -0.821. The van der Waals surface area contributed by atoms with Crippen LogP contribution in [0.1, 0.15) is 17.0 Å². The van der Waals surface area contributed by atoms with Gasteiger partial charge in [-0.15, -0.1) is 0 Å². The van der Waals surface area contributed by atoms with Gasteiger partial charge in [-0.05, 0) is 49.4 Å². The van der Waals surface area contributed by atoms with Crippen LogP contribution < -0.4 is 0 Å². The standard InChI is InChI=1S/C14H14N2O2S/c1-9-7-10(2)16-14(15-9)19-12-5-3-11(4-6-12)8-13(17)18/h3-7H,8H2,1-2H3,(H,17,18). The number of benzene rings is 1. The Morgan fingerprint density at radius 1 is 1.16 bits per heavy atom. The topological polar surface area (TPSA) is 63.1 Å². The highest BCUT2D eigenvalue weighted by molar-refractivity contribution is 7.99. The molecule has 1 aromatic heterocycles. The van der Waals surface area contributed by atoms with Crippen LogP contribution in [0.25, 0.3) is 0 Å². The summed E-state index contributed by atoms with van der Waals surface area (Å²) in [6, 6.07) is 9.35. The Morgan fingerprint density at radius 2 is 1.74 bits per heavy atom. The van der Waals surface area contributed by atoms with Gasteiger partial charge < -0.3 is 5.11 Å². The first-order valence-electron chi connectivity index (χ1n) is 5.84. The largest absolute Gasteiger partial charge is 0.481 e. The Balaban J connectivity index is 2.12. The summed E-state index contributed by atoms with van der Waals surface area (Å²) in [5, 5.41) is 9.42. The van der Waals surface area contributed by atoms with Crippen molar-refractivity contribution >= 4 is 17.7 Å². The van der Waals surface area contributed by atoms with Crippen molar-refractivity contribution in [1.29, 1.82) is 0 Å². The monoisotopic (exact) mass is 274 g/mol. The predicted molar refractivity (Wildman–Crippen MR) is 73.4 cm³/mol. The third-order valence-electron chi connectivity index (χ3n) is 2.45. The predicted octanol–water partition coefficient (Wildman–Crippen LogP) is 2.87. The number of aromatic nitrogens is 2. The number of rotatable bonds is 4. The van der Waals surface area contributed by atoms with Crippen LogP contribution in [0.4, 0.5) is 0 Å². The minimum atomic E-state index is -0.821. The molecule has 0 fully saturated rings. The maximum atomic E-state index is 10.6. The van der Waals surface area contributed by atoms with E-state index in [0.29, 0.717) is 5.16 Å². The summed E-state index contributed by atoms with van der Waals surface area (Å²) in [6.45, 7) is 3.88. The molecule has 1 aromatic carbocycles. The molecular weight excluding hydrogens is 260 g/mol. The van der Waals surface area contributed by atoms with Crippen molar-refractivity contribution < 1.29 is 9.90 Å². The molecule has 2 aromatic rings. The number of aliphatic carboxylic acids is 1. The van der Waals surface area contributed by atoms with Gasteiger partial charge >= 0.3 is 5.97 Å². The highest BCUT2D eigenvalue weighted by Gasteiger charge is 2.04. The molecule has 0 amide bonds. The van der Waals surface area contributed by atoms with Gasteiger partial charge in [-0.1, -0.05) is 12.1 Å². The molecule has 0 unspecified atom stereocenters. The van der Waals surface area contributed by atoms with E-state index in [1.807, 2.05) is 44.2 Å².